The molecule has 15 heavy (non-hydrogen) atoms. The number of benzene rings is 2. The smallest absolute Gasteiger partial charge is 0.169 e. The first-order valence-corrected chi connectivity index (χ1v) is 4.90. The molecule has 0 saturated carbocycles. The summed E-state index contributed by atoms with van der Waals surface area (Å²) in [5.74, 6) is 0.830. The standard InChI is InChI=1S/C13H10O2/c1-2-4-10(5-3-1)9-14-13-8-11-6-7-12(13)15-11/h1-8H,9H2. The lowest BCUT2D eigenvalue weighted by Gasteiger charge is -2.03. The van der Waals surface area contributed by atoms with E-state index in [4.69, 9.17) is 9.15 Å². The van der Waals surface area contributed by atoms with Gasteiger partial charge in [-0.1, -0.05) is 30.3 Å². The van der Waals surface area contributed by atoms with Gasteiger partial charge in [-0.2, -0.15) is 0 Å². The minimum absolute atomic E-state index is 0.584. The average Bonchev–Trinajstić information content (AvgIpc) is 2.89. The second-order valence-electron chi connectivity index (χ2n) is 3.48. The van der Waals surface area contributed by atoms with Crippen molar-refractivity contribution in [1.29, 1.82) is 0 Å². The predicted octanol–water partition coefficient (Wildman–Crippen LogP) is 3.45. The quantitative estimate of drug-likeness (QED) is 0.643. The van der Waals surface area contributed by atoms with E-state index in [1.807, 2.05) is 48.5 Å². The fourth-order valence-corrected chi connectivity index (χ4v) is 1.61. The molecule has 0 atom stereocenters. The topological polar surface area (TPSA) is 22.4 Å². The zero-order valence-electron chi connectivity index (χ0n) is 8.14. The summed E-state index contributed by atoms with van der Waals surface area (Å²) >= 11 is 0. The molecule has 2 bridgehead atoms. The summed E-state index contributed by atoms with van der Waals surface area (Å²) in [6.45, 7) is 0.584. The van der Waals surface area contributed by atoms with E-state index >= 15 is 0 Å². The van der Waals surface area contributed by atoms with Gasteiger partial charge in [-0.25, -0.2) is 0 Å². The number of hydrogen-bond donors (Lipinski definition) is 0. The second kappa shape index (κ2) is 3.31. The van der Waals surface area contributed by atoms with Gasteiger partial charge in [0, 0.05) is 6.07 Å². The van der Waals surface area contributed by atoms with Crippen molar-refractivity contribution in [3.8, 4) is 5.75 Å². The lowest BCUT2D eigenvalue weighted by Crippen LogP contribution is -1.93. The Morgan fingerprint density at radius 1 is 1.00 bits per heavy atom. The monoisotopic (exact) mass is 198 g/mol. The van der Waals surface area contributed by atoms with Crippen LogP contribution in [0.15, 0.2) is 52.9 Å². The highest BCUT2D eigenvalue weighted by molar-refractivity contribution is 5.69. The molecule has 2 heterocycles. The fraction of sp³-hybridized carbons (Fsp3) is 0.0769. The average molecular weight is 198 g/mol. The van der Waals surface area contributed by atoms with Crippen LogP contribution in [-0.2, 0) is 6.61 Å². The van der Waals surface area contributed by atoms with Crippen LogP contribution in [0.25, 0.3) is 11.2 Å². The molecule has 0 radical (unpaired) electrons. The summed E-state index contributed by atoms with van der Waals surface area (Å²) in [4.78, 5) is 0. The first-order valence-electron chi connectivity index (χ1n) is 4.90. The van der Waals surface area contributed by atoms with Crippen LogP contribution < -0.4 is 4.74 Å². The second-order valence-corrected chi connectivity index (χ2v) is 3.48. The van der Waals surface area contributed by atoms with Gasteiger partial charge in [-0.05, 0) is 17.7 Å². The Morgan fingerprint density at radius 2 is 1.87 bits per heavy atom. The van der Waals surface area contributed by atoms with Gasteiger partial charge in [-0.15, -0.1) is 0 Å². The van der Waals surface area contributed by atoms with E-state index < -0.39 is 0 Å². The first-order chi connectivity index (χ1) is 7.42. The third kappa shape index (κ3) is 1.54. The Labute approximate surface area is 87.4 Å². The number of fused-ring (bicyclic) bond motifs is 2. The molecule has 0 amide bonds. The molecule has 0 aliphatic heterocycles. The Balaban J connectivity index is 1.74. The van der Waals surface area contributed by atoms with Crippen molar-refractivity contribution in [2.75, 3.05) is 0 Å². The molecule has 2 heteroatoms. The molecule has 0 saturated heterocycles. The number of hydrogen-bond acceptors (Lipinski definition) is 2. The third-order valence-electron chi connectivity index (χ3n) is 2.38. The van der Waals surface area contributed by atoms with E-state index in [1.165, 1.54) is 0 Å². The zero-order valence-corrected chi connectivity index (χ0v) is 8.14. The van der Waals surface area contributed by atoms with E-state index in [2.05, 4.69) is 0 Å². The van der Waals surface area contributed by atoms with Crippen molar-refractivity contribution in [1.82, 2.24) is 0 Å². The van der Waals surface area contributed by atoms with E-state index in [1.54, 1.807) is 0 Å². The fourth-order valence-electron chi connectivity index (χ4n) is 1.61. The van der Waals surface area contributed by atoms with Crippen molar-refractivity contribution in [3.63, 3.8) is 0 Å². The molecule has 0 fully saturated rings. The number of furan rings is 2. The zero-order chi connectivity index (χ0) is 10.1. The molecule has 0 unspecified atom stereocenters. The minimum atomic E-state index is 0.584. The van der Waals surface area contributed by atoms with Crippen LogP contribution in [-0.4, -0.2) is 0 Å². The highest BCUT2D eigenvalue weighted by atomic mass is 16.5. The van der Waals surface area contributed by atoms with Crippen LogP contribution in [0, 0.1) is 0 Å². The van der Waals surface area contributed by atoms with Gasteiger partial charge < -0.3 is 9.15 Å². The normalized spacial score (nSPS) is 10.9. The lowest BCUT2D eigenvalue weighted by molar-refractivity contribution is 0.308. The molecule has 0 aliphatic rings. The molecule has 3 rings (SSSR count). The van der Waals surface area contributed by atoms with Crippen LogP contribution in [0.2, 0.25) is 0 Å². The molecule has 0 aliphatic carbocycles. The summed E-state index contributed by atoms with van der Waals surface area (Å²) < 4.78 is 11.0. The highest BCUT2D eigenvalue weighted by Crippen LogP contribution is 2.29. The largest absolute Gasteiger partial charge is 0.485 e. The van der Waals surface area contributed by atoms with Crippen molar-refractivity contribution >= 4 is 11.2 Å². The van der Waals surface area contributed by atoms with E-state index in [-0.39, 0.29) is 0 Å². The summed E-state index contributed by atoms with van der Waals surface area (Å²) in [5, 5.41) is 0. The van der Waals surface area contributed by atoms with Crippen LogP contribution in [0.4, 0.5) is 0 Å². The van der Waals surface area contributed by atoms with Crippen LogP contribution in [0.1, 0.15) is 5.56 Å². The van der Waals surface area contributed by atoms with Gasteiger partial charge in [0.1, 0.15) is 12.2 Å². The highest BCUT2D eigenvalue weighted by Gasteiger charge is 2.07. The third-order valence-corrected chi connectivity index (χ3v) is 2.38. The van der Waals surface area contributed by atoms with Crippen molar-refractivity contribution < 1.29 is 9.15 Å². The summed E-state index contributed by atoms with van der Waals surface area (Å²) in [5.41, 5.74) is 2.85. The van der Waals surface area contributed by atoms with E-state index in [0.29, 0.717) is 6.61 Å². The maximum atomic E-state index is 5.65. The van der Waals surface area contributed by atoms with Gasteiger partial charge in [0.25, 0.3) is 0 Å². The molecule has 2 aromatic heterocycles. The molecule has 0 spiro atoms. The molecule has 0 N–H and O–H groups in total. The van der Waals surface area contributed by atoms with Crippen molar-refractivity contribution in [2.24, 2.45) is 0 Å². The van der Waals surface area contributed by atoms with Gasteiger partial charge >= 0.3 is 0 Å². The Kier molecular flexibility index (Phi) is 1.85. The van der Waals surface area contributed by atoms with Gasteiger partial charge in [0.15, 0.2) is 11.3 Å². The van der Waals surface area contributed by atoms with Gasteiger partial charge in [0.2, 0.25) is 0 Å². The van der Waals surface area contributed by atoms with Gasteiger partial charge in [0.05, 0.1) is 0 Å². The Bertz CT molecular complexity index is 539. The molecular weight excluding hydrogens is 188 g/mol. The molecule has 2 nitrogen and oxygen atoms in total. The van der Waals surface area contributed by atoms with E-state index in [0.717, 1.165) is 22.5 Å². The van der Waals surface area contributed by atoms with Crippen LogP contribution in [0.5, 0.6) is 5.75 Å². The Hall–Kier alpha value is -1.96. The molecular formula is C13H10O2. The number of rotatable bonds is 3. The van der Waals surface area contributed by atoms with E-state index in [9.17, 15) is 0 Å². The summed E-state index contributed by atoms with van der Waals surface area (Å²) in [6, 6.07) is 15.9. The lowest BCUT2D eigenvalue weighted by atomic mass is 10.2. The van der Waals surface area contributed by atoms with Crippen molar-refractivity contribution in [2.45, 2.75) is 6.61 Å². The molecule has 1 aromatic carbocycles. The predicted molar refractivity (Wildman–Crippen MR) is 58.2 cm³/mol. The van der Waals surface area contributed by atoms with Gasteiger partial charge in [-0.3, -0.25) is 0 Å². The number of ether oxygens (including phenoxy) is 1. The summed E-state index contributed by atoms with van der Waals surface area (Å²) in [7, 11) is 0. The minimum Gasteiger partial charge on any atom is -0.485 e. The SMILES string of the molecule is c1ccc(COc2cc3ccc2o3)cc1. The maximum absolute atomic E-state index is 5.65. The summed E-state index contributed by atoms with van der Waals surface area (Å²) in [6.07, 6.45) is 0. The Morgan fingerprint density at radius 3 is 2.53 bits per heavy atom. The van der Waals surface area contributed by atoms with Crippen LogP contribution in [0.3, 0.4) is 0 Å². The first kappa shape index (κ1) is 8.36. The van der Waals surface area contributed by atoms with Crippen LogP contribution >= 0.6 is 0 Å². The molecule has 74 valence electrons. The maximum Gasteiger partial charge on any atom is 0.169 e. The van der Waals surface area contributed by atoms with Crippen molar-refractivity contribution in [3.05, 3.63) is 54.1 Å². The molecule has 3 aromatic rings.